The molecule has 2 unspecified atom stereocenters. The molecular formula is C59H114N2O10. The molecular weight excluding hydrogens is 897 g/mol. The second-order valence-corrected chi connectivity index (χ2v) is 20.7. The van der Waals surface area contributed by atoms with Crippen molar-refractivity contribution in [3.63, 3.8) is 0 Å². The molecule has 0 amide bonds. The first-order chi connectivity index (χ1) is 34.5. The monoisotopic (exact) mass is 1010 g/mol. The first-order valence-corrected chi connectivity index (χ1v) is 29.9. The van der Waals surface area contributed by atoms with Crippen molar-refractivity contribution in [2.75, 3.05) is 66.2 Å². The first kappa shape index (κ1) is 68.4. The Bertz CT molecular complexity index is 1120. The van der Waals surface area contributed by atoms with Crippen LogP contribution in [-0.2, 0) is 38.0 Å². The van der Waals surface area contributed by atoms with Gasteiger partial charge < -0.3 is 33.3 Å². The zero-order valence-corrected chi connectivity index (χ0v) is 47.7. The van der Waals surface area contributed by atoms with Crippen LogP contribution in [0.3, 0.4) is 0 Å². The van der Waals surface area contributed by atoms with E-state index in [0.29, 0.717) is 76.7 Å². The maximum atomic E-state index is 13.1. The van der Waals surface area contributed by atoms with Gasteiger partial charge in [0.25, 0.3) is 0 Å². The van der Waals surface area contributed by atoms with Crippen LogP contribution in [0.5, 0.6) is 0 Å². The van der Waals surface area contributed by atoms with Gasteiger partial charge in [0.05, 0.1) is 13.2 Å². The number of nitrogens with zero attached hydrogens (tertiary/aromatic N) is 2. The minimum atomic E-state index is -0.688. The molecule has 0 rings (SSSR count). The summed E-state index contributed by atoms with van der Waals surface area (Å²) in [5.74, 6) is 0.516. The van der Waals surface area contributed by atoms with Crippen molar-refractivity contribution < 1.29 is 47.6 Å². The minimum absolute atomic E-state index is 0.144. The lowest BCUT2D eigenvalue weighted by Gasteiger charge is -2.23. The van der Waals surface area contributed by atoms with Crippen LogP contribution >= 0.6 is 0 Å². The fraction of sp³-hybridized carbons (Fsp3) is 0.932. The molecule has 420 valence electrons. The van der Waals surface area contributed by atoms with E-state index in [1.165, 1.54) is 77.0 Å². The van der Waals surface area contributed by atoms with Gasteiger partial charge >= 0.3 is 24.2 Å². The largest absolute Gasteiger partial charge is 0.508 e. The van der Waals surface area contributed by atoms with Crippen LogP contribution in [0, 0.1) is 11.8 Å². The molecule has 0 aliphatic heterocycles. The van der Waals surface area contributed by atoms with Crippen molar-refractivity contribution in [2.45, 2.75) is 279 Å². The fourth-order valence-corrected chi connectivity index (χ4v) is 9.06. The number of rotatable bonds is 52. The van der Waals surface area contributed by atoms with Crippen LogP contribution in [0.4, 0.5) is 9.59 Å². The summed E-state index contributed by atoms with van der Waals surface area (Å²) in [5.41, 5.74) is 0. The molecule has 0 radical (unpaired) electrons. The smallest absolute Gasteiger partial charge is 0.465 e. The second-order valence-electron chi connectivity index (χ2n) is 20.7. The Kier molecular flexibility index (Phi) is 49.0. The molecule has 0 spiro atoms. The molecule has 12 heteroatoms. The van der Waals surface area contributed by atoms with Gasteiger partial charge in [0, 0.05) is 25.9 Å². The Morgan fingerprint density at radius 1 is 0.366 bits per heavy atom. The molecule has 0 heterocycles. The Labute approximate surface area is 437 Å². The van der Waals surface area contributed by atoms with Crippen molar-refractivity contribution in [3.05, 3.63) is 0 Å². The van der Waals surface area contributed by atoms with E-state index in [9.17, 15) is 19.2 Å². The van der Waals surface area contributed by atoms with Gasteiger partial charge in [-0.05, 0) is 128 Å². The van der Waals surface area contributed by atoms with Gasteiger partial charge in [-0.25, -0.2) is 9.59 Å². The summed E-state index contributed by atoms with van der Waals surface area (Å²) in [5, 5.41) is 0. The third-order valence-corrected chi connectivity index (χ3v) is 14.0. The molecule has 0 aromatic rings. The number of carbonyl (C=O) groups excluding carboxylic acids is 4. The molecule has 0 fully saturated rings. The first-order valence-electron chi connectivity index (χ1n) is 29.9. The molecule has 0 aliphatic rings. The van der Waals surface area contributed by atoms with Gasteiger partial charge in [-0.2, -0.15) is 0 Å². The van der Waals surface area contributed by atoms with E-state index >= 15 is 0 Å². The Balaban J connectivity index is 5.28. The maximum Gasteiger partial charge on any atom is 0.508 e. The van der Waals surface area contributed by atoms with Gasteiger partial charge in [-0.15, -0.1) is 0 Å². The molecule has 12 nitrogen and oxygen atoms in total. The van der Waals surface area contributed by atoms with Crippen LogP contribution in [0.1, 0.15) is 267 Å². The van der Waals surface area contributed by atoms with E-state index in [1.54, 1.807) is 0 Å². The van der Waals surface area contributed by atoms with Gasteiger partial charge in [-0.1, -0.05) is 164 Å². The van der Waals surface area contributed by atoms with Crippen LogP contribution in [0.2, 0.25) is 0 Å². The molecule has 0 aromatic carbocycles. The van der Waals surface area contributed by atoms with E-state index in [4.69, 9.17) is 28.4 Å². The lowest BCUT2D eigenvalue weighted by Crippen LogP contribution is -2.34. The molecule has 71 heavy (non-hydrogen) atoms. The van der Waals surface area contributed by atoms with Crippen LogP contribution in [-0.4, -0.2) is 112 Å². The van der Waals surface area contributed by atoms with E-state index in [-0.39, 0.29) is 37.4 Å². The average molecular weight is 1010 g/mol. The standard InChI is InChI=1S/C59H114N2O10/c1-9-16-22-28-38-54(40-32-42-56(62)68-50-52(34-24-18-11-3)35-25-19-12-4)70-58(64)66-48-46-61(45-31-30-44-60(8)15-7)47-49-67-59(65)71-55(39-29-23-17-10-2)41-33-43-57(63)69-51-53(36-26-20-13-5)37-27-21-14-6/h52-55H,9-51H2,1-8H3. The number of hydrogen-bond acceptors (Lipinski definition) is 12. The number of esters is 2. The highest BCUT2D eigenvalue weighted by molar-refractivity contribution is 5.69. The van der Waals surface area contributed by atoms with E-state index < -0.39 is 12.3 Å². The average Bonchev–Trinajstić information content (AvgIpc) is 3.35. The highest BCUT2D eigenvalue weighted by Gasteiger charge is 2.21. The van der Waals surface area contributed by atoms with Crippen molar-refractivity contribution in [1.82, 2.24) is 9.80 Å². The summed E-state index contributed by atoms with van der Waals surface area (Å²) < 4.78 is 34.6. The molecule has 0 aliphatic carbocycles. The summed E-state index contributed by atoms with van der Waals surface area (Å²) in [6.45, 7) is 20.3. The van der Waals surface area contributed by atoms with Crippen molar-refractivity contribution in [2.24, 2.45) is 11.8 Å². The number of carbonyl (C=O) groups is 4. The Morgan fingerprint density at radius 2 is 0.704 bits per heavy atom. The number of hydrogen-bond donors (Lipinski definition) is 0. The van der Waals surface area contributed by atoms with E-state index in [1.807, 2.05) is 0 Å². The normalized spacial score (nSPS) is 12.5. The summed E-state index contributed by atoms with van der Waals surface area (Å²) in [4.78, 5) is 56.2. The van der Waals surface area contributed by atoms with Crippen molar-refractivity contribution in [3.8, 4) is 0 Å². The third kappa shape index (κ3) is 44.6. The van der Waals surface area contributed by atoms with E-state index in [0.717, 1.165) is 122 Å². The van der Waals surface area contributed by atoms with Gasteiger partial charge in [0.2, 0.25) is 0 Å². The lowest BCUT2D eigenvalue weighted by atomic mass is 9.96. The Hall–Kier alpha value is -2.60. The Morgan fingerprint density at radius 3 is 1.07 bits per heavy atom. The third-order valence-electron chi connectivity index (χ3n) is 14.0. The molecule has 0 bridgehead atoms. The number of unbranched alkanes of at least 4 members (excludes halogenated alkanes) is 15. The fourth-order valence-electron chi connectivity index (χ4n) is 9.06. The molecule has 0 aromatic heterocycles. The van der Waals surface area contributed by atoms with Crippen molar-refractivity contribution in [1.29, 1.82) is 0 Å². The molecule has 2 atom stereocenters. The highest BCUT2D eigenvalue weighted by Crippen LogP contribution is 2.22. The van der Waals surface area contributed by atoms with Crippen LogP contribution in [0.25, 0.3) is 0 Å². The van der Waals surface area contributed by atoms with Gasteiger partial charge in [0.15, 0.2) is 0 Å². The lowest BCUT2D eigenvalue weighted by molar-refractivity contribution is -0.146. The van der Waals surface area contributed by atoms with Gasteiger partial charge in [-0.3, -0.25) is 14.5 Å². The van der Waals surface area contributed by atoms with Gasteiger partial charge in [0.1, 0.15) is 25.4 Å². The zero-order valence-electron chi connectivity index (χ0n) is 47.7. The molecule has 0 N–H and O–H groups in total. The quantitative estimate of drug-likeness (QED) is 0.0327. The van der Waals surface area contributed by atoms with Crippen molar-refractivity contribution >= 4 is 24.2 Å². The number of ether oxygens (including phenoxy) is 6. The molecule has 0 saturated heterocycles. The SMILES string of the molecule is CCCCCCC(CCCC(=O)OCC(CCCCC)CCCCC)OC(=O)OCCN(CCCCN(C)CC)CCOC(=O)OC(CCCCCC)CCCC(=O)OCC(CCCCC)CCCCC. The van der Waals surface area contributed by atoms with Crippen LogP contribution in [0.15, 0.2) is 0 Å². The predicted octanol–water partition coefficient (Wildman–Crippen LogP) is 16.0. The summed E-state index contributed by atoms with van der Waals surface area (Å²) in [6.07, 6.45) is 31.7. The van der Waals surface area contributed by atoms with E-state index in [2.05, 4.69) is 65.3 Å². The second kappa shape index (κ2) is 50.9. The van der Waals surface area contributed by atoms with Crippen LogP contribution < -0.4 is 0 Å². The molecule has 0 saturated carbocycles. The summed E-state index contributed by atoms with van der Waals surface area (Å²) in [6, 6.07) is 0. The maximum absolute atomic E-state index is 13.1. The highest BCUT2D eigenvalue weighted by atomic mass is 16.7. The topological polar surface area (TPSA) is 130 Å². The zero-order chi connectivity index (χ0) is 52.4. The predicted molar refractivity (Wildman–Crippen MR) is 292 cm³/mol. The summed E-state index contributed by atoms with van der Waals surface area (Å²) >= 11 is 0. The minimum Gasteiger partial charge on any atom is -0.465 e. The summed E-state index contributed by atoms with van der Waals surface area (Å²) in [7, 11) is 2.12.